The normalized spacial score (nSPS) is 14.0. The Hall–Kier alpha value is -2.29. The summed E-state index contributed by atoms with van der Waals surface area (Å²) >= 11 is 0. The van der Waals surface area contributed by atoms with E-state index in [-0.39, 0.29) is 32.6 Å². The lowest BCUT2D eigenvalue weighted by Crippen LogP contribution is -2.29. The van der Waals surface area contributed by atoms with Crippen LogP contribution in [0.3, 0.4) is 0 Å². The standard InChI is InChI=1S/C43H76NO8P/c1-3-5-7-9-11-13-15-17-19-20-22-24-26-28-30-32-34-36-43(46)52-41(40-51-53(47,48)50-38-37-44)39-49-42(45)35-33-31-29-27-25-23-21-18-16-14-12-10-8-6-4-2/h6,8,11-14,17-19,21,41H,3-5,7,9-10,15-16,20,22-40,44H2,1-2H3,(H,47,48)/t41-/m1/s1. The Balaban J connectivity index is 4.22. The van der Waals surface area contributed by atoms with Crippen LogP contribution in [0.1, 0.15) is 168 Å². The van der Waals surface area contributed by atoms with Crippen LogP contribution in [0.2, 0.25) is 0 Å². The number of hydrogen-bond donors (Lipinski definition) is 2. The molecule has 0 spiro atoms. The molecule has 0 aliphatic heterocycles. The Labute approximate surface area is 323 Å². The van der Waals surface area contributed by atoms with Crippen molar-refractivity contribution in [3.63, 3.8) is 0 Å². The van der Waals surface area contributed by atoms with Crippen LogP contribution in [0.4, 0.5) is 0 Å². The first-order chi connectivity index (χ1) is 25.8. The largest absolute Gasteiger partial charge is 0.472 e. The molecule has 0 bridgehead atoms. The van der Waals surface area contributed by atoms with E-state index in [1.54, 1.807) is 0 Å². The van der Waals surface area contributed by atoms with Gasteiger partial charge in [0.1, 0.15) is 6.61 Å². The minimum absolute atomic E-state index is 0.0468. The molecule has 0 aromatic carbocycles. The van der Waals surface area contributed by atoms with Crippen LogP contribution in [0.5, 0.6) is 0 Å². The van der Waals surface area contributed by atoms with Crippen LogP contribution < -0.4 is 5.73 Å². The highest BCUT2D eigenvalue weighted by Gasteiger charge is 2.26. The van der Waals surface area contributed by atoms with Crippen molar-refractivity contribution in [2.24, 2.45) is 5.73 Å². The molecule has 9 nitrogen and oxygen atoms in total. The molecule has 0 saturated heterocycles. The number of carbonyl (C=O) groups excluding carboxylic acids is 2. The van der Waals surface area contributed by atoms with Gasteiger partial charge in [0.15, 0.2) is 6.10 Å². The van der Waals surface area contributed by atoms with E-state index < -0.39 is 32.5 Å². The average molecular weight is 766 g/mol. The van der Waals surface area contributed by atoms with Crippen molar-refractivity contribution in [1.29, 1.82) is 0 Å². The number of phosphoric acid groups is 1. The SMILES string of the molecule is CCC=CCC=CCC=CCCCCCCCC(=O)OC[C@H](COP(=O)(O)OCCN)OC(=O)CCCCCCCCCC=CCC=CCCCCC. The van der Waals surface area contributed by atoms with E-state index in [1.807, 2.05) is 0 Å². The monoisotopic (exact) mass is 766 g/mol. The minimum atomic E-state index is -4.38. The average Bonchev–Trinajstić information content (AvgIpc) is 3.14. The summed E-state index contributed by atoms with van der Waals surface area (Å²) in [5.41, 5.74) is 5.34. The topological polar surface area (TPSA) is 134 Å². The molecule has 53 heavy (non-hydrogen) atoms. The molecular formula is C43H76NO8P. The maximum absolute atomic E-state index is 12.6. The van der Waals surface area contributed by atoms with Gasteiger partial charge in [-0.25, -0.2) is 4.57 Å². The molecule has 0 radical (unpaired) electrons. The zero-order valence-corrected chi connectivity index (χ0v) is 34.4. The summed E-state index contributed by atoms with van der Waals surface area (Å²) in [6.45, 7) is 3.55. The van der Waals surface area contributed by atoms with Crippen LogP contribution in [0.25, 0.3) is 0 Å². The van der Waals surface area contributed by atoms with Gasteiger partial charge in [-0.1, -0.05) is 139 Å². The zero-order chi connectivity index (χ0) is 38.9. The van der Waals surface area contributed by atoms with E-state index >= 15 is 0 Å². The van der Waals surface area contributed by atoms with Gasteiger partial charge >= 0.3 is 19.8 Å². The second-order valence-corrected chi connectivity index (χ2v) is 14.9. The number of esters is 2. The summed E-state index contributed by atoms with van der Waals surface area (Å²) in [6.07, 6.45) is 45.3. The number of allylic oxidation sites excluding steroid dienone is 10. The number of hydrogen-bond acceptors (Lipinski definition) is 8. The number of rotatable bonds is 38. The molecule has 0 fully saturated rings. The van der Waals surface area contributed by atoms with Crippen LogP contribution in [0, 0.1) is 0 Å². The van der Waals surface area contributed by atoms with Crippen LogP contribution in [0.15, 0.2) is 60.8 Å². The highest BCUT2D eigenvalue weighted by Crippen LogP contribution is 2.43. The highest BCUT2D eigenvalue weighted by atomic mass is 31.2. The predicted octanol–water partition coefficient (Wildman–Crippen LogP) is 11.7. The molecule has 306 valence electrons. The fraction of sp³-hybridized carbons (Fsp3) is 0.721. The first-order valence-corrected chi connectivity index (χ1v) is 22.3. The third kappa shape index (κ3) is 39.2. The van der Waals surface area contributed by atoms with Gasteiger partial charge in [0.05, 0.1) is 13.2 Å². The van der Waals surface area contributed by atoms with Crippen LogP contribution >= 0.6 is 7.82 Å². The number of ether oxygens (including phenoxy) is 2. The second kappa shape index (κ2) is 39.4. The Bertz CT molecular complexity index is 1050. The van der Waals surface area contributed by atoms with E-state index in [0.717, 1.165) is 83.5 Å². The Kier molecular flexibility index (Phi) is 37.7. The molecule has 0 aromatic rings. The molecule has 0 heterocycles. The molecule has 0 aromatic heterocycles. The highest BCUT2D eigenvalue weighted by molar-refractivity contribution is 7.47. The van der Waals surface area contributed by atoms with Gasteiger partial charge in [-0.3, -0.25) is 18.6 Å². The first-order valence-electron chi connectivity index (χ1n) is 20.8. The summed E-state index contributed by atoms with van der Waals surface area (Å²) in [7, 11) is -4.38. The van der Waals surface area contributed by atoms with E-state index in [1.165, 1.54) is 44.9 Å². The molecule has 0 saturated carbocycles. The zero-order valence-electron chi connectivity index (χ0n) is 33.5. The summed E-state index contributed by atoms with van der Waals surface area (Å²) in [5.74, 6) is -0.862. The Morgan fingerprint density at radius 1 is 0.585 bits per heavy atom. The second-order valence-electron chi connectivity index (χ2n) is 13.5. The number of carbonyl (C=O) groups is 2. The molecule has 3 N–H and O–H groups in total. The van der Waals surface area contributed by atoms with Gasteiger partial charge in [0, 0.05) is 19.4 Å². The molecule has 2 atom stereocenters. The quantitative estimate of drug-likeness (QED) is 0.0272. The summed E-state index contributed by atoms with van der Waals surface area (Å²) < 4.78 is 32.7. The summed E-state index contributed by atoms with van der Waals surface area (Å²) in [6, 6.07) is 0. The Morgan fingerprint density at radius 2 is 1.04 bits per heavy atom. The van der Waals surface area contributed by atoms with Crippen molar-refractivity contribution in [2.75, 3.05) is 26.4 Å². The lowest BCUT2D eigenvalue weighted by Gasteiger charge is -2.19. The third-order valence-electron chi connectivity index (χ3n) is 8.39. The molecule has 0 rings (SSSR count). The lowest BCUT2D eigenvalue weighted by atomic mass is 10.1. The fourth-order valence-corrected chi connectivity index (χ4v) is 6.09. The van der Waals surface area contributed by atoms with Crippen molar-refractivity contribution >= 4 is 19.8 Å². The first kappa shape index (κ1) is 50.7. The molecule has 0 aliphatic rings. The molecule has 0 aliphatic carbocycles. The van der Waals surface area contributed by atoms with E-state index in [0.29, 0.717) is 12.8 Å². The number of unbranched alkanes of at least 4 members (excludes halogenated alkanes) is 15. The van der Waals surface area contributed by atoms with Crippen molar-refractivity contribution in [3.8, 4) is 0 Å². The van der Waals surface area contributed by atoms with Gasteiger partial charge in [-0.15, -0.1) is 0 Å². The van der Waals surface area contributed by atoms with Gasteiger partial charge in [0.2, 0.25) is 0 Å². The number of nitrogens with two attached hydrogens (primary N) is 1. The van der Waals surface area contributed by atoms with Gasteiger partial charge in [0.25, 0.3) is 0 Å². The van der Waals surface area contributed by atoms with Crippen LogP contribution in [-0.4, -0.2) is 49.3 Å². The van der Waals surface area contributed by atoms with Crippen molar-refractivity contribution in [1.82, 2.24) is 0 Å². The lowest BCUT2D eigenvalue weighted by molar-refractivity contribution is -0.161. The number of phosphoric ester groups is 1. The maximum atomic E-state index is 12.6. The van der Waals surface area contributed by atoms with Crippen LogP contribution in [-0.2, 0) is 32.7 Å². The van der Waals surface area contributed by atoms with Gasteiger partial charge in [-0.2, -0.15) is 0 Å². The van der Waals surface area contributed by atoms with E-state index in [4.69, 9.17) is 24.3 Å². The summed E-state index contributed by atoms with van der Waals surface area (Å²) in [4.78, 5) is 34.8. The van der Waals surface area contributed by atoms with E-state index in [2.05, 4.69) is 74.6 Å². The molecule has 0 amide bonds. The molecule has 1 unspecified atom stereocenters. The predicted molar refractivity (Wildman–Crippen MR) is 219 cm³/mol. The summed E-state index contributed by atoms with van der Waals surface area (Å²) in [5, 5.41) is 0. The maximum Gasteiger partial charge on any atom is 0.472 e. The van der Waals surface area contributed by atoms with Crippen molar-refractivity contribution in [3.05, 3.63) is 60.8 Å². The van der Waals surface area contributed by atoms with E-state index in [9.17, 15) is 19.0 Å². The Morgan fingerprint density at radius 3 is 1.55 bits per heavy atom. The van der Waals surface area contributed by atoms with Gasteiger partial charge in [-0.05, 0) is 77.0 Å². The smallest absolute Gasteiger partial charge is 0.462 e. The van der Waals surface area contributed by atoms with Crippen molar-refractivity contribution < 1.29 is 37.6 Å². The fourth-order valence-electron chi connectivity index (χ4n) is 5.32. The van der Waals surface area contributed by atoms with Crippen molar-refractivity contribution in [2.45, 2.75) is 174 Å². The van der Waals surface area contributed by atoms with Gasteiger partial charge < -0.3 is 20.1 Å². The molecule has 10 heteroatoms. The molecular weight excluding hydrogens is 689 g/mol. The minimum Gasteiger partial charge on any atom is -0.462 e. The third-order valence-corrected chi connectivity index (χ3v) is 9.37.